The second kappa shape index (κ2) is 7.12. The Bertz CT molecular complexity index is 378. The molecule has 0 bridgehead atoms. The van der Waals surface area contributed by atoms with Crippen LogP contribution in [0.5, 0.6) is 5.75 Å². The van der Waals surface area contributed by atoms with E-state index in [1.165, 1.54) is 12.8 Å². The Labute approximate surface area is 117 Å². The summed E-state index contributed by atoms with van der Waals surface area (Å²) in [6, 6.07) is 6.07. The molecule has 0 radical (unpaired) electrons. The van der Waals surface area contributed by atoms with Crippen LogP contribution in [0.4, 0.5) is 0 Å². The van der Waals surface area contributed by atoms with Crippen molar-refractivity contribution in [3.63, 3.8) is 0 Å². The van der Waals surface area contributed by atoms with Crippen LogP contribution in [-0.2, 0) is 11.2 Å². The van der Waals surface area contributed by atoms with Crippen molar-refractivity contribution in [1.29, 1.82) is 0 Å². The van der Waals surface area contributed by atoms with E-state index in [4.69, 9.17) is 15.2 Å². The van der Waals surface area contributed by atoms with E-state index in [9.17, 15) is 0 Å². The lowest BCUT2D eigenvalue weighted by molar-refractivity contribution is -0.0112. The molecule has 2 N–H and O–H groups in total. The third-order valence-electron chi connectivity index (χ3n) is 3.13. The van der Waals surface area contributed by atoms with E-state index in [-0.39, 0.29) is 6.10 Å². The Balaban J connectivity index is 1.94. The van der Waals surface area contributed by atoms with Crippen LogP contribution < -0.4 is 10.5 Å². The molecule has 4 heteroatoms. The average molecular weight is 314 g/mol. The van der Waals surface area contributed by atoms with Crippen molar-refractivity contribution in [2.45, 2.75) is 31.8 Å². The second-order valence-corrected chi connectivity index (χ2v) is 5.51. The lowest BCUT2D eigenvalue weighted by atomic mass is 10.1. The number of rotatable bonds is 5. The van der Waals surface area contributed by atoms with E-state index in [1.807, 2.05) is 12.1 Å². The number of hydrogen-bond donors (Lipinski definition) is 1. The number of hydrogen-bond acceptors (Lipinski definition) is 3. The normalized spacial score (nSPS) is 19.8. The summed E-state index contributed by atoms with van der Waals surface area (Å²) in [6.07, 6.45) is 4.59. The number of benzene rings is 1. The summed E-state index contributed by atoms with van der Waals surface area (Å²) < 4.78 is 12.6. The molecule has 1 aromatic rings. The molecule has 18 heavy (non-hydrogen) atoms. The Kier molecular flexibility index (Phi) is 5.47. The Morgan fingerprint density at radius 1 is 1.39 bits per heavy atom. The minimum absolute atomic E-state index is 0.244. The van der Waals surface area contributed by atoms with Crippen molar-refractivity contribution >= 4 is 15.9 Å². The van der Waals surface area contributed by atoms with Gasteiger partial charge in [-0.2, -0.15) is 0 Å². The van der Waals surface area contributed by atoms with Crippen molar-refractivity contribution in [2.24, 2.45) is 5.73 Å². The second-order valence-electron chi connectivity index (χ2n) is 4.59. The number of halogens is 1. The molecule has 1 aliphatic heterocycles. The van der Waals surface area contributed by atoms with E-state index >= 15 is 0 Å². The molecule has 1 saturated heterocycles. The van der Waals surface area contributed by atoms with Crippen LogP contribution in [0, 0.1) is 0 Å². The van der Waals surface area contributed by atoms with Gasteiger partial charge in [-0.1, -0.05) is 15.9 Å². The molecule has 1 aliphatic rings. The van der Waals surface area contributed by atoms with E-state index in [2.05, 4.69) is 22.0 Å². The minimum Gasteiger partial charge on any atom is -0.491 e. The third kappa shape index (κ3) is 3.97. The van der Waals surface area contributed by atoms with E-state index in [0.717, 1.165) is 35.2 Å². The van der Waals surface area contributed by atoms with Gasteiger partial charge in [0.15, 0.2) is 0 Å². The molecule has 1 unspecified atom stereocenters. The zero-order valence-electron chi connectivity index (χ0n) is 10.5. The topological polar surface area (TPSA) is 44.5 Å². The molecule has 1 heterocycles. The van der Waals surface area contributed by atoms with Gasteiger partial charge in [0.2, 0.25) is 0 Å². The fourth-order valence-electron chi connectivity index (χ4n) is 2.16. The fourth-order valence-corrected chi connectivity index (χ4v) is 2.57. The first-order valence-corrected chi connectivity index (χ1v) is 7.32. The van der Waals surface area contributed by atoms with Gasteiger partial charge in [-0.3, -0.25) is 0 Å². The van der Waals surface area contributed by atoms with Gasteiger partial charge in [0.25, 0.3) is 0 Å². The Morgan fingerprint density at radius 2 is 2.28 bits per heavy atom. The zero-order valence-corrected chi connectivity index (χ0v) is 12.1. The first kappa shape index (κ1) is 13.8. The number of ether oxygens (including phenoxy) is 2. The highest BCUT2D eigenvalue weighted by Gasteiger charge is 2.15. The molecule has 1 aromatic carbocycles. The summed E-state index contributed by atoms with van der Waals surface area (Å²) in [6.45, 7) is 2.13. The van der Waals surface area contributed by atoms with Crippen LogP contribution in [0.25, 0.3) is 0 Å². The van der Waals surface area contributed by atoms with Crippen LogP contribution in [0.3, 0.4) is 0 Å². The molecular formula is C14H20BrNO2. The van der Waals surface area contributed by atoms with Gasteiger partial charge in [0.05, 0.1) is 6.10 Å². The first-order chi connectivity index (χ1) is 8.79. The summed E-state index contributed by atoms with van der Waals surface area (Å²) in [5.41, 5.74) is 6.78. The van der Waals surface area contributed by atoms with Crippen LogP contribution >= 0.6 is 15.9 Å². The molecule has 0 amide bonds. The van der Waals surface area contributed by atoms with Gasteiger partial charge in [-0.25, -0.2) is 0 Å². The van der Waals surface area contributed by atoms with Gasteiger partial charge in [0.1, 0.15) is 12.4 Å². The largest absolute Gasteiger partial charge is 0.491 e. The molecule has 3 nitrogen and oxygen atoms in total. The zero-order chi connectivity index (χ0) is 12.8. The average Bonchev–Trinajstić information content (AvgIpc) is 2.39. The summed E-state index contributed by atoms with van der Waals surface area (Å²) in [5, 5.41) is 0. The van der Waals surface area contributed by atoms with Crippen molar-refractivity contribution in [3.05, 3.63) is 28.2 Å². The monoisotopic (exact) mass is 313 g/mol. The molecule has 100 valence electrons. The highest BCUT2D eigenvalue weighted by Crippen LogP contribution is 2.24. The maximum atomic E-state index is 5.88. The Morgan fingerprint density at radius 3 is 3.00 bits per heavy atom. The van der Waals surface area contributed by atoms with Crippen molar-refractivity contribution < 1.29 is 9.47 Å². The third-order valence-corrected chi connectivity index (χ3v) is 3.63. The van der Waals surface area contributed by atoms with Gasteiger partial charge in [-0.05, 0) is 56.0 Å². The smallest absolute Gasteiger partial charge is 0.122 e. The summed E-state index contributed by atoms with van der Waals surface area (Å²) in [5.74, 6) is 0.929. The highest BCUT2D eigenvalue weighted by molar-refractivity contribution is 9.10. The molecule has 0 spiro atoms. The van der Waals surface area contributed by atoms with Crippen LogP contribution in [0.2, 0.25) is 0 Å². The molecule has 1 atom stereocenters. The van der Waals surface area contributed by atoms with Crippen molar-refractivity contribution in [2.75, 3.05) is 19.8 Å². The van der Waals surface area contributed by atoms with Gasteiger partial charge in [0, 0.05) is 11.1 Å². The standard InChI is InChI=1S/C14H20BrNO2/c15-12-4-5-14(11(9-12)6-7-16)18-10-13-3-1-2-8-17-13/h4-5,9,13H,1-3,6-8,10,16H2. The van der Waals surface area contributed by atoms with Crippen LogP contribution in [0.15, 0.2) is 22.7 Å². The van der Waals surface area contributed by atoms with Gasteiger partial charge >= 0.3 is 0 Å². The van der Waals surface area contributed by atoms with Crippen LogP contribution in [0.1, 0.15) is 24.8 Å². The summed E-state index contributed by atoms with van der Waals surface area (Å²) in [4.78, 5) is 0. The van der Waals surface area contributed by atoms with E-state index in [1.54, 1.807) is 0 Å². The quantitative estimate of drug-likeness (QED) is 0.909. The van der Waals surface area contributed by atoms with Gasteiger partial charge < -0.3 is 15.2 Å². The van der Waals surface area contributed by atoms with E-state index < -0.39 is 0 Å². The molecule has 2 rings (SSSR count). The molecule has 0 aliphatic carbocycles. The maximum Gasteiger partial charge on any atom is 0.122 e. The lowest BCUT2D eigenvalue weighted by Gasteiger charge is -2.23. The number of nitrogens with two attached hydrogens (primary N) is 1. The molecule has 0 saturated carbocycles. The Hall–Kier alpha value is -0.580. The van der Waals surface area contributed by atoms with Crippen LogP contribution in [-0.4, -0.2) is 25.9 Å². The lowest BCUT2D eigenvalue weighted by Crippen LogP contribution is -2.26. The minimum atomic E-state index is 0.244. The summed E-state index contributed by atoms with van der Waals surface area (Å²) in [7, 11) is 0. The van der Waals surface area contributed by atoms with E-state index in [0.29, 0.717) is 13.2 Å². The first-order valence-electron chi connectivity index (χ1n) is 6.52. The predicted molar refractivity (Wildman–Crippen MR) is 76.0 cm³/mol. The molecule has 1 fully saturated rings. The van der Waals surface area contributed by atoms with Crippen molar-refractivity contribution in [3.8, 4) is 5.75 Å². The highest BCUT2D eigenvalue weighted by atomic mass is 79.9. The predicted octanol–water partition coefficient (Wildman–Crippen LogP) is 2.90. The molecule has 0 aromatic heterocycles. The fraction of sp³-hybridized carbons (Fsp3) is 0.571. The maximum absolute atomic E-state index is 5.88. The SMILES string of the molecule is NCCc1cc(Br)ccc1OCC1CCCCO1. The van der Waals surface area contributed by atoms with Gasteiger partial charge in [-0.15, -0.1) is 0 Å². The molecular weight excluding hydrogens is 294 g/mol. The summed E-state index contributed by atoms with van der Waals surface area (Å²) >= 11 is 3.47. The van der Waals surface area contributed by atoms with Crippen molar-refractivity contribution in [1.82, 2.24) is 0 Å².